The monoisotopic (exact) mass is 699 g/mol. The number of carbonyl (C=O) groups excluding carboxylic acids is 1. The van der Waals surface area contributed by atoms with Crippen LogP contribution in [0.15, 0.2) is 23.4 Å². The number of alkyl halides is 2. The molecule has 252 valence electrons. The van der Waals surface area contributed by atoms with Crippen molar-refractivity contribution in [3.05, 3.63) is 23.5 Å². The smallest absolute Gasteiger partial charge is 0.321 e. The van der Waals surface area contributed by atoms with Crippen LogP contribution in [0.4, 0.5) is 19.3 Å². The van der Waals surface area contributed by atoms with Crippen molar-refractivity contribution in [3.63, 3.8) is 0 Å². The summed E-state index contributed by atoms with van der Waals surface area (Å²) >= 11 is 5.68. The van der Waals surface area contributed by atoms with Crippen molar-refractivity contribution in [2.75, 3.05) is 58.4 Å². The number of amides is 2. The zero-order chi connectivity index (χ0) is 33.2. The summed E-state index contributed by atoms with van der Waals surface area (Å²) in [6.07, 6.45) is 1.66. The molecule has 0 bridgehead atoms. The van der Waals surface area contributed by atoms with Crippen LogP contribution in [0, 0.1) is 0 Å². The van der Waals surface area contributed by atoms with Crippen molar-refractivity contribution >= 4 is 51.2 Å². The number of ether oxygens (including phenoxy) is 1. The highest BCUT2D eigenvalue weighted by molar-refractivity contribution is 7.89. The number of fused-ring (bicyclic) bond motifs is 1. The number of halogens is 2. The number of pyridine rings is 1. The third-order valence-electron chi connectivity index (χ3n) is 8.94. The highest BCUT2D eigenvalue weighted by Crippen LogP contribution is 2.39. The number of carbonyl (C=O) groups is 1. The van der Waals surface area contributed by atoms with E-state index in [0.29, 0.717) is 61.4 Å². The molecule has 5 heterocycles. The lowest BCUT2D eigenvalue weighted by Crippen LogP contribution is -2.66. The number of nitrogens with zero attached hydrogens (tertiary/aromatic N) is 8. The first-order valence-corrected chi connectivity index (χ1v) is 17.8. The van der Waals surface area contributed by atoms with E-state index in [-0.39, 0.29) is 34.3 Å². The number of hydrogen-bond donors (Lipinski definition) is 2. The summed E-state index contributed by atoms with van der Waals surface area (Å²) in [6, 6.07) is 1.51. The SMILES string of the molecule is C[C@H]1CN(c2cc(S(=O)(=O)NC3(C)CC3)cn3c(-c4nnc(C(F)F)s4)ncc23)C[C@](C)(S)N1C(=O)N(C)CCN(C)C1COC1. The van der Waals surface area contributed by atoms with E-state index < -0.39 is 31.9 Å². The van der Waals surface area contributed by atoms with Gasteiger partial charge in [0.05, 0.1) is 43.2 Å². The number of likely N-dealkylation sites (N-methyl/N-ethyl adjacent to an activating group) is 2. The molecule has 2 saturated heterocycles. The minimum absolute atomic E-state index is 0.00582. The summed E-state index contributed by atoms with van der Waals surface area (Å²) in [5.74, 6) is 0.200. The Hall–Kier alpha value is -2.64. The fourth-order valence-corrected chi connectivity index (χ4v) is 8.53. The molecule has 18 heteroatoms. The molecule has 3 aromatic rings. The van der Waals surface area contributed by atoms with Gasteiger partial charge in [-0.25, -0.2) is 31.7 Å². The van der Waals surface area contributed by atoms with Gasteiger partial charge in [0.2, 0.25) is 10.0 Å². The minimum atomic E-state index is -3.97. The molecule has 0 radical (unpaired) electrons. The van der Waals surface area contributed by atoms with Crippen molar-refractivity contribution < 1.29 is 26.7 Å². The predicted octanol–water partition coefficient (Wildman–Crippen LogP) is 3.16. The van der Waals surface area contributed by atoms with Gasteiger partial charge in [-0.3, -0.25) is 9.30 Å². The van der Waals surface area contributed by atoms with Crippen LogP contribution in [0.2, 0.25) is 0 Å². The zero-order valence-corrected chi connectivity index (χ0v) is 28.9. The summed E-state index contributed by atoms with van der Waals surface area (Å²) in [5.41, 5.74) is 0.586. The molecule has 3 aromatic heterocycles. The van der Waals surface area contributed by atoms with E-state index in [1.165, 1.54) is 6.20 Å². The maximum absolute atomic E-state index is 13.8. The van der Waals surface area contributed by atoms with Gasteiger partial charge in [0.15, 0.2) is 15.8 Å². The van der Waals surface area contributed by atoms with Crippen LogP contribution >= 0.6 is 24.0 Å². The summed E-state index contributed by atoms with van der Waals surface area (Å²) in [6.45, 7) is 8.94. The highest BCUT2D eigenvalue weighted by Gasteiger charge is 2.45. The van der Waals surface area contributed by atoms with Gasteiger partial charge in [-0.2, -0.15) is 0 Å². The molecule has 3 fully saturated rings. The largest absolute Gasteiger partial charge is 0.378 e. The lowest BCUT2D eigenvalue weighted by Gasteiger charge is -2.51. The van der Waals surface area contributed by atoms with Crippen LogP contribution in [0.5, 0.6) is 0 Å². The number of nitrogens with one attached hydrogen (secondary N) is 1. The average molecular weight is 700 g/mol. The zero-order valence-electron chi connectivity index (χ0n) is 26.4. The topological polar surface area (TPSA) is 129 Å². The second-order valence-corrected chi connectivity index (χ2v) is 16.7. The van der Waals surface area contributed by atoms with Crippen LogP contribution in [0.1, 0.15) is 45.0 Å². The van der Waals surface area contributed by atoms with E-state index in [1.54, 1.807) is 33.5 Å². The molecule has 46 heavy (non-hydrogen) atoms. The van der Waals surface area contributed by atoms with Gasteiger partial charge in [-0.05, 0) is 46.7 Å². The fourth-order valence-electron chi connectivity index (χ4n) is 5.90. The molecule has 0 unspecified atom stereocenters. The number of aromatic nitrogens is 4. The Labute approximate surface area is 276 Å². The van der Waals surface area contributed by atoms with Crippen LogP contribution in [-0.2, 0) is 14.8 Å². The standard InChI is InChI=1S/C28H39F2N9O4S3/c1-17-12-37(16-28(3,44)39(17)26(40)36(5)9-8-35(4)18-14-43-15-18)20-10-19(46(41,42)34-27(2)6-7-27)13-38-21(20)11-31-23(38)25-33-32-24(45-25)22(29)30/h10-11,13,17-18,22,34,44H,6-9,12,14-16H2,1-5H3/t17-,28-/m0/s1. The first kappa shape index (κ1) is 33.3. The maximum Gasteiger partial charge on any atom is 0.321 e. The Morgan fingerprint density at radius 1 is 1.24 bits per heavy atom. The highest BCUT2D eigenvalue weighted by atomic mass is 32.2. The van der Waals surface area contributed by atoms with Gasteiger partial charge in [0.1, 0.15) is 9.77 Å². The van der Waals surface area contributed by atoms with E-state index in [4.69, 9.17) is 17.4 Å². The Kier molecular flexibility index (Phi) is 8.76. The summed E-state index contributed by atoms with van der Waals surface area (Å²) in [4.78, 5) is 24.9. The Balaban J connectivity index is 1.32. The van der Waals surface area contributed by atoms with Gasteiger partial charge in [0, 0.05) is 44.5 Å². The van der Waals surface area contributed by atoms with Crippen molar-refractivity contribution in [1.29, 1.82) is 0 Å². The number of anilines is 1. The van der Waals surface area contributed by atoms with E-state index in [2.05, 4.69) is 24.8 Å². The molecule has 6 rings (SSSR count). The first-order chi connectivity index (χ1) is 21.6. The summed E-state index contributed by atoms with van der Waals surface area (Å²) in [5, 5.41) is 7.19. The van der Waals surface area contributed by atoms with Gasteiger partial charge in [-0.15, -0.1) is 22.8 Å². The fraction of sp³-hybridized carbons (Fsp3) is 0.643. The first-order valence-electron chi connectivity index (χ1n) is 15.1. The molecule has 1 N–H and O–H groups in total. The summed E-state index contributed by atoms with van der Waals surface area (Å²) in [7, 11) is -0.165. The molecule has 2 amide bonds. The van der Waals surface area contributed by atoms with Crippen LogP contribution in [0.3, 0.4) is 0 Å². The second-order valence-electron chi connectivity index (χ2n) is 13.0. The predicted molar refractivity (Wildman–Crippen MR) is 173 cm³/mol. The second kappa shape index (κ2) is 12.1. The lowest BCUT2D eigenvalue weighted by molar-refractivity contribution is -0.0568. The molecule has 2 atom stereocenters. The van der Waals surface area contributed by atoms with Gasteiger partial charge >= 0.3 is 6.03 Å². The number of hydrogen-bond acceptors (Lipinski definition) is 11. The van der Waals surface area contributed by atoms with Gasteiger partial charge in [-0.1, -0.05) is 11.3 Å². The third-order valence-corrected chi connectivity index (χ3v) is 11.8. The molecule has 0 spiro atoms. The molecular weight excluding hydrogens is 661 g/mol. The number of urea groups is 1. The number of imidazole rings is 1. The molecular formula is C28H39F2N9O4S3. The number of sulfonamides is 1. The van der Waals surface area contributed by atoms with Crippen molar-refractivity contribution in [1.82, 2.24) is 39.0 Å². The van der Waals surface area contributed by atoms with E-state index in [1.807, 2.05) is 32.7 Å². The van der Waals surface area contributed by atoms with E-state index >= 15 is 0 Å². The third kappa shape index (κ3) is 6.43. The Morgan fingerprint density at radius 3 is 2.54 bits per heavy atom. The normalized spacial score (nSPS) is 23.4. The van der Waals surface area contributed by atoms with Crippen LogP contribution in [-0.4, -0.2) is 125 Å². The molecule has 1 saturated carbocycles. The van der Waals surface area contributed by atoms with Crippen LogP contribution in [0.25, 0.3) is 16.3 Å². The van der Waals surface area contributed by atoms with E-state index in [0.717, 1.165) is 12.8 Å². The quantitative estimate of drug-likeness (QED) is 0.307. The van der Waals surface area contributed by atoms with Crippen LogP contribution < -0.4 is 9.62 Å². The molecule has 3 aliphatic rings. The van der Waals surface area contributed by atoms with Crippen molar-refractivity contribution in [2.45, 2.75) is 67.4 Å². The number of thiol groups is 1. The van der Waals surface area contributed by atoms with Crippen molar-refractivity contribution in [3.8, 4) is 10.8 Å². The van der Waals surface area contributed by atoms with Gasteiger partial charge in [0.25, 0.3) is 6.43 Å². The Morgan fingerprint density at radius 2 is 1.96 bits per heavy atom. The average Bonchev–Trinajstić information content (AvgIpc) is 3.31. The van der Waals surface area contributed by atoms with Gasteiger partial charge < -0.3 is 19.4 Å². The Bertz CT molecular complexity index is 1730. The summed E-state index contributed by atoms with van der Waals surface area (Å²) < 4.78 is 63.6. The van der Waals surface area contributed by atoms with E-state index in [9.17, 15) is 22.0 Å². The van der Waals surface area contributed by atoms with Crippen molar-refractivity contribution in [2.24, 2.45) is 0 Å². The maximum atomic E-state index is 13.8. The number of piperazine rings is 1. The lowest BCUT2D eigenvalue weighted by atomic mass is 10.1. The molecule has 0 aromatic carbocycles. The number of rotatable bonds is 10. The molecule has 2 aliphatic heterocycles. The molecule has 1 aliphatic carbocycles. The minimum Gasteiger partial charge on any atom is -0.378 e. The molecule has 13 nitrogen and oxygen atoms in total.